The first-order valence-corrected chi connectivity index (χ1v) is 10.2. The van der Waals surface area contributed by atoms with Crippen LogP contribution in [0.1, 0.15) is 39.0 Å². The van der Waals surface area contributed by atoms with Crippen molar-refractivity contribution in [2.75, 3.05) is 26.7 Å². The molecule has 2 aromatic rings. The molecule has 0 aliphatic rings. The van der Waals surface area contributed by atoms with Gasteiger partial charge in [0.25, 0.3) is 0 Å². The average molecular weight is 416 g/mol. The number of amides is 1. The molecular formula is C22H33N5O3. The largest absolute Gasteiger partial charge is 0.444 e. The molecule has 2 N–H and O–H groups in total. The molecule has 1 heterocycles. The SMILES string of the molecule is CCNC(=NCc1coc(-c2ccc(C)cc2)n1)NCCN(C)C(=O)OC(C)(C)C. The van der Waals surface area contributed by atoms with Crippen LogP contribution in [-0.4, -0.2) is 54.2 Å². The van der Waals surface area contributed by atoms with E-state index in [9.17, 15) is 4.79 Å². The molecular weight excluding hydrogens is 382 g/mol. The Balaban J connectivity index is 1.88. The number of likely N-dealkylation sites (N-methyl/N-ethyl adjacent to an activating group) is 1. The van der Waals surface area contributed by atoms with Crippen LogP contribution in [0.3, 0.4) is 0 Å². The summed E-state index contributed by atoms with van der Waals surface area (Å²) < 4.78 is 10.9. The summed E-state index contributed by atoms with van der Waals surface area (Å²) in [6.07, 6.45) is 1.27. The number of nitrogens with one attached hydrogen (secondary N) is 2. The second-order valence-electron chi connectivity index (χ2n) is 8.03. The van der Waals surface area contributed by atoms with Crippen LogP contribution >= 0.6 is 0 Å². The minimum absolute atomic E-state index is 0.350. The van der Waals surface area contributed by atoms with Crippen LogP contribution in [-0.2, 0) is 11.3 Å². The summed E-state index contributed by atoms with van der Waals surface area (Å²) in [5.41, 5.74) is 2.36. The number of aromatic nitrogens is 1. The van der Waals surface area contributed by atoms with Crippen LogP contribution in [0.25, 0.3) is 11.5 Å². The highest BCUT2D eigenvalue weighted by atomic mass is 16.6. The summed E-state index contributed by atoms with van der Waals surface area (Å²) in [6.45, 7) is 11.7. The van der Waals surface area contributed by atoms with Crippen molar-refractivity contribution in [2.45, 2.75) is 46.8 Å². The lowest BCUT2D eigenvalue weighted by Gasteiger charge is -2.24. The van der Waals surface area contributed by atoms with Gasteiger partial charge in [-0.05, 0) is 46.8 Å². The van der Waals surface area contributed by atoms with Gasteiger partial charge in [-0.1, -0.05) is 17.7 Å². The van der Waals surface area contributed by atoms with E-state index in [1.165, 1.54) is 10.5 Å². The number of benzene rings is 1. The molecule has 0 unspecified atom stereocenters. The van der Waals surface area contributed by atoms with E-state index in [0.717, 1.165) is 17.8 Å². The summed E-state index contributed by atoms with van der Waals surface area (Å²) >= 11 is 0. The fourth-order valence-electron chi connectivity index (χ4n) is 2.48. The Bertz CT molecular complexity index is 837. The molecule has 0 atom stereocenters. The summed E-state index contributed by atoms with van der Waals surface area (Å²) in [7, 11) is 1.71. The Hall–Kier alpha value is -3.03. The van der Waals surface area contributed by atoms with Gasteiger partial charge in [-0.2, -0.15) is 0 Å². The maximum atomic E-state index is 12.0. The lowest BCUT2D eigenvalue weighted by molar-refractivity contribution is 0.0302. The lowest BCUT2D eigenvalue weighted by atomic mass is 10.1. The molecule has 0 bridgehead atoms. The van der Waals surface area contributed by atoms with E-state index < -0.39 is 5.60 Å². The van der Waals surface area contributed by atoms with Gasteiger partial charge in [0.15, 0.2) is 5.96 Å². The Morgan fingerprint density at radius 2 is 1.93 bits per heavy atom. The van der Waals surface area contributed by atoms with Gasteiger partial charge in [0, 0.05) is 32.2 Å². The molecule has 2 rings (SSSR count). The number of oxazole rings is 1. The number of rotatable bonds is 7. The van der Waals surface area contributed by atoms with Gasteiger partial charge in [-0.15, -0.1) is 0 Å². The zero-order valence-corrected chi connectivity index (χ0v) is 18.8. The Morgan fingerprint density at radius 3 is 2.57 bits per heavy atom. The highest BCUT2D eigenvalue weighted by molar-refractivity contribution is 5.79. The molecule has 1 amide bonds. The molecule has 0 aliphatic heterocycles. The lowest BCUT2D eigenvalue weighted by Crippen LogP contribution is -2.43. The average Bonchev–Trinajstić information content (AvgIpc) is 3.14. The van der Waals surface area contributed by atoms with E-state index >= 15 is 0 Å². The predicted molar refractivity (Wildman–Crippen MR) is 118 cm³/mol. The maximum Gasteiger partial charge on any atom is 0.410 e. The van der Waals surface area contributed by atoms with Crippen molar-refractivity contribution >= 4 is 12.1 Å². The smallest absolute Gasteiger partial charge is 0.410 e. The molecule has 0 spiro atoms. The first-order valence-electron chi connectivity index (χ1n) is 10.2. The van der Waals surface area contributed by atoms with Gasteiger partial charge in [0.1, 0.15) is 17.6 Å². The number of carbonyl (C=O) groups excluding carboxylic acids is 1. The van der Waals surface area contributed by atoms with Crippen LogP contribution in [0.2, 0.25) is 0 Å². The fraction of sp³-hybridized carbons (Fsp3) is 0.500. The normalized spacial score (nSPS) is 11.9. The zero-order valence-electron chi connectivity index (χ0n) is 18.8. The van der Waals surface area contributed by atoms with Gasteiger partial charge in [0.05, 0.1) is 6.54 Å². The monoisotopic (exact) mass is 415 g/mol. The van der Waals surface area contributed by atoms with Gasteiger partial charge in [-0.25, -0.2) is 14.8 Å². The van der Waals surface area contributed by atoms with E-state index in [4.69, 9.17) is 9.15 Å². The van der Waals surface area contributed by atoms with E-state index in [0.29, 0.717) is 31.5 Å². The predicted octanol–water partition coefficient (Wildman–Crippen LogP) is 3.57. The number of carbonyl (C=O) groups is 1. The van der Waals surface area contributed by atoms with Crippen molar-refractivity contribution in [3.63, 3.8) is 0 Å². The van der Waals surface area contributed by atoms with Crippen LogP contribution in [0.4, 0.5) is 4.79 Å². The second kappa shape index (κ2) is 10.7. The Morgan fingerprint density at radius 1 is 1.23 bits per heavy atom. The Kier molecular flexibility index (Phi) is 8.26. The number of aryl methyl sites for hydroxylation is 1. The molecule has 0 saturated heterocycles. The summed E-state index contributed by atoms with van der Waals surface area (Å²) in [6, 6.07) is 8.03. The van der Waals surface area contributed by atoms with Gasteiger partial charge in [-0.3, -0.25) is 0 Å². The minimum atomic E-state index is -0.510. The molecule has 0 fully saturated rings. The van der Waals surface area contributed by atoms with E-state index in [1.807, 2.05) is 58.9 Å². The topological polar surface area (TPSA) is 92.0 Å². The van der Waals surface area contributed by atoms with Crippen LogP contribution in [0, 0.1) is 6.92 Å². The zero-order chi connectivity index (χ0) is 22.1. The number of nitrogens with zero attached hydrogens (tertiary/aromatic N) is 3. The number of hydrogen-bond donors (Lipinski definition) is 2. The molecule has 8 nitrogen and oxygen atoms in total. The summed E-state index contributed by atoms with van der Waals surface area (Å²) in [4.78, 5) is 22.6. The summed E-state index contributed by atoms with van der Waals surface area (Å²) in [5.74, 6) is 1.23. The number of ether oxygens (including phenoxy) is 1. The van der Waals surface area contributed by atoms with Crippen molar-refractivity contribution in [1.29, 1.82) is 0 Å². The van der Waals surface area contributed by atoms with Crippen LogP contribution < -0.4 is 10.6 Å². The standard InChI is InChI=1S/C22H33N5O3/c1-7-23-20(24-12-13-27(6)21(28)30-22(3,4)5)25-14-18-15-29-19(26-18)17-10-8-16(2)9-11-17/h8-11,15H,7,12-14H2,1-6H3,(H2,23,24,25). The van der Waals surface area contributed by atoms with Gasteiger partial charge < -0.3 is 24.7 Å². The third-order valence-electron chi connectivity index (χ3n) is 4.04. The van der Waals surface area contributed by atoms with Crippen molar-refractivity contribution in [3.05, 3.63) is 41.8 Å². The van der Waals surface area contributed by atoms with Crippen molar-refractivity contribution in [3.8, 4) is 11.5 Å². The molecule has 1 aromatic carbocycles. The number of hydrogen-bond acceptors (Lipinski definition) is 5. The molecule has 8 heteroatoms. The van der Waals surface area contributed by atoms with Crippen molar-refractivity contribution < 1.29 is 13.9 Å². The number of guanidine groups is 1. The third kappa shape index (κ3) is 7.77. The molecule has 0 aliphatic carbocycles. The molecule has 164 valence electrons. The van der Waals surface area contributed by atoms with Gasteiger partial charge >= 0.3 is 6.09 Å². The second-order valence-corrected chi connectivity index (χ2v) is 8.03. The minimum Gasteiger partial charge on any atom is -0.444 e. The number of aliphatic imine (C=N–C) groups is 1. The van der Waals surface area contributed by atoms with Gasteiger partial charge in [0.2, 0.25) is 5.89 Å². The van der Waals surface area contributed by atoms with E-state index in [-0.39, 0.29) is 6.09 Å². The van der Waals surface area contributed by atoms with Crippen molar-refractivity contribution in [1.82, 2.24) is 20.5 Å². The van der Waals surface area contributed by atoms with E-state index in [2.05, 4.69) is 20.6 Å². The third-order valence-corrected chi connectivity index (χ3v) is 4.04. The Labute approximate surface area is 178 Å². The van der Waals surface area contributed by atoms with Crippen LogP contribution in [0.15, 0.2) is 39.9 Å². The highest BCUT2D eigenvalue weighted by Crippen LogP contribution is 2.19. The first-order chi connectivity index (χ1) is 14.2. The van der Waals surface area contributed by atoms with E-state index in [1.54, 1.807) is 13.3 Å². The first kappa shape index (κ1) is 23.3. The maximum absolute atomic E-state index is 12.0. The summed E-state index contributed by atoms with van der Waals surface area (Å²) in [5, 5.41) is 6.40. The highest BCUT2D eigenvalue weighted by Gasteiger charge is 2.19. The molecule has 0 saturated carbocycles. The van der Waals surface area contributed by atoms with Crippen LogP contribution in [0.5, 0.6) is 0 Å². The molecule has 30 heavy (non-hydrogen) atoms. The fourth-order valence-corrected chi connectivity index (χ4v) is 2.48. The molecule has 0 radical (unpaired) electrons. The van der Waals surface area contributed by atoms with Crippen molar-refractivity contribution in [2.24, 2.45) is 4.99 Å². The quantitative estimate of drug-likeness (QED) is 0.531. The molecule has 1 aromatic heterocycles.